The number of carbonyl (C=O) groups excluding carboxylic acids is 2. The van der Waals surface area contributed by atoms with E-state index in [1.54, 1.807) is 12.1 Å². The Morgan fingerprint density at radius 2 is 1.71 bits per heavy atom. The molecule has 0 radical (unpaired) electrons. The summed E-state index contributed by atoms with van der Waals surface area (Å²) in [6, 6.07) is 17.3. The summed E-state index contributed by atoms with van der Waals surface area (Å²) in [7, 11) is 0. The highest BCUT2D eigenvalue weighted by molar-refractivity contribution is 5.90. The van der Waals surface area contributed by atoms with E-state index in [1.807, 2.05) is 51.1 Å². The zero-order chi connectivity index (χ0) is 20.1. The van der Waals surface area contributed by atoms with E-state index in [0.29, 0.717) is 12.0 Å². The number of hydrogen-bond donors (Lipinski definition) is 1. The van der Waals surface area contributed by atoms with Crippen LogP contribution >= 0.6 is 0 Å². The molecular weight excluding hydrogens is 350 g/mol. The first-order valence-electron chi connectivity index (χ1n) is 9.97. The lowest BCUT2D eigenvalue weighted by Gasteiger charge is -2.32. The van der Waals surface area contributed by atoms with Gasteiger partial charge in [0, 0.05) is 12.3 Å². The third-order valence-corrected chi connectivity index (χ3v) is 5.00. The van der Waals surface area contributed by atoms with Gasteiger partial charge in [0.1, 0.15) is 5.60 Å². The molecule has 1 aliphatic heterocycles. The Bertz CT molecular complexity index is 806. The Morgan fingerprint density at radius 3 is 2.36 bits per heavy atom. The van der Waals surface area contributed by atoms with Crippen LogP contribution in [0.4, 0.5) is 0 Å². The van der Waals surface area contributed by atoms with E-state index in [2.05, 4.69) is 17.4 Å². The molecule has 148 valence electrons. The quantitative estimate of drug-likeness (QED) is 0.788. The van der Waals surface area contributed by atoms with Crippen molar-refractivity contribution in [3.05, 3.63) is 71.3 Å². The number of ketones is 1. The second kappa shape index (κ2) is 8.70. The molecule has 2 aromatic rings. The normalized spacial score (nSPS) is 19.8. The number of ether oxygens (including phenoxy) is 1. The molecule has 1 fully saturated rings. The summed E-state index contributed by atoms with van der Waals surface area (Å²) >= 11 is 0. The van der Waals surface area contributed by atoms with Crippen LogP contribution in [0.1, 0.15) is 61.0 Å². The van der Waals surface area contributed by atoms with Crippen LogP contribution in [0.5, 0.6) is 0 Å². The highest BCUT2D eigenvalue weighted by atomic mass is 16.6. The fourth-order valence-electron chi connectivity index (χ4n) is 3.69. The Kier molecular flexibility index (Phi) is 6.30. The van der Waals surface area contributed by atoms with Crippen LogP contribution in [-0.4, -0.2) is 29.9 Å². The molecule has 0 amide bonds. The van der Waals surface area contributed by atoms with E-state index < -0.39 is 5.60 Å². The molecule has 3 rings (SSSR count). The van der Waals surface area contributed by atoms with E-state index in [9.17, 15) is 9.59 Å². The van der Waals surface area contributed by atoms with Crippen molar-refractivity contribution in [2.45, 2.75) is 57.6 Å². The maximum absolute atomic E-state index is 13.0. The van der Waals surface area contributed by atoms with Gasteiger partial charge in [-0.25, -0.2) is 4.79 Å². The van der Waals surface area contributed by atoms with Crippen LogP contribution in [0, 0.1) is 0 Å². The van der Waals surface area contributed by atoms with Crippen molar-refractivity contribution in [1.29, 1.82) is 0 Å². The van der Waals surface area contributed by atoms with Crippen LogP contribution < -0.4 is 5.32 Å². The van der Waals surface area contributed by atoms with Crippen LogP contribution in [-0.2, 0) is 16.0 Å². The molecule has 0 aromatic heterocycles. The van der Waals surface area contributed by atoms with Gasteiger partial charge in [-0.1, -0.05) is 42.5 Å². The summed E-state index contributed by atoms with van der Waals surface area (Å²) in [4.78, 5) is 25.1. The number of Topliss-reactive ketones (excluding diaryl/α,β-unsaturated/α-hetero) is 1. The number of piperidine rings is 1. The largest absolute Gasteiger partial charge is 0.456 e. The van der Waals surface area contributed by atoms with Crippen molar-refractivity contribution in [1.82, 2.24) is 5.32 Å². The van der Waals surface area contributed by atoms with Crippen molar-refractivity contribution in [2.75, 3.05) is 6.54 Å². The van der Waals surface area contributed by atoms with E-state index in [-0.39, 0.29) is 23.7 Å². The number of nitrogens with one attached hydrogen (secondary N) is 1. The summed E-state index contributed by atoms with van der Waals surface area (Å²) in [6.45, 7) is 6.41. The first kappa shape index (κ1) is 20.3. The molecular formula is C24H29NO3. The fourth-order valence-corrected chi connectivity index (χ4v) is 3.69. The molecule has 0 aliphatic carbocycles. The average Bonchev–Trinajstić information content (AvgIpc) is 2.68. The number of rotatable bonds is 5. The monoisotopic (exact) mass is 379 g/mol. The van der Waals surface area contributed by atoms with Gasteiger partial charge in [-0.15, -0.1) is 0 Å². The molecule has 2 aromatic carbocycles. The predicted molar refractivity (Wildman–Crippen MR) is 111 cm³/mol. The summed E-state index contributed by atoms with van der Waals surface area (Å²) < 4.78 is 5.39. The van der Waals surface area contributed by atoms with Crippen molar-refractivity contribution < 1.29 is 14.3 Å². The van der Waals surface area contributed by atoms with Gasteiger partial charge >= 0.3 is 5.97 Å². The summed E-state index contributed by atoms with van der Waals surface area (Å²) in [5.41, 5.74) is 2.11. The van der Waals surface area contributed by atoms with Crippen molar-refractivity contribution >= 4 is 11.8 Å². The molecule has 1 saturated heterocycles. The van der Waals surface area contributed by atoms with Crippen LogP contribution in [0.15, 0.2) is 54.6 Å². The zero-order valence-electron chi connectivity index (χ0n) is 16.9. The van der Waals surface area contributed by atoms with Gasteiger partial charge in [0.2, 0.25) is 0 Å². The highest BCUT2D eigenvalue weighted by Crippen LogP contribution is 2.29. The number of esters is 1. The summed E-state index contributed by atoms with van der Waals surface area (Å²) in [5, 5.41) is 3.42. The zero-order valence-corrected chi connectivity index (χ0v) is 16.9. The predicted octanol–water partition coefficient (Wildman–Crippen LogP) is 4.29. The lowest BCUT2D eigenvalue weighted by Crippen LogP contribution is -2.46. The molecule has 1 aliphatic rings. The number of hydrogen-bond acceptors (Lipinski definition) is 4. The van der Waals surface area contributed by atoms with Crippen molar-refractivity contribution in [3.8, 4) is 0 Å². The van der Waals surface area contributed by atoms with Gasteiger partial charge < -0.3 is 10.1 Å². The minimum atomic E-state index is -0.523. The molecule has 1 N–H and O–H groups in total. The number of carbonyl (C=O) groups is 2. The number of benzene rings is 2. The van der Waals surface area contributed by atoms with Gasteiger partial charge in [-0.2, -0.15) is 0 Å². The molecule has 28 heavy (non-hydrogen) atoms. The van der Waals surface area contributed by atoms with Crippen molar-refractivity contribution in [2.24, 2.45) is 0 Å². The maximum atomic E-state index is 13.0. The highest BCUT2D eigenvalue weighted by Gasteiger charge is 2.31. The lowest BCUT2D eigenvalue weighted by molar-refractivity contribution is -0.121. The third-order valence-electron chi connectivity index (χ3n) is 5.00. The Labute approximate surface area is 167 Å². The van der Waals surface area contributed by atoms with Gasteiger partial charge in [0.15, 0.2) is 5.78 Å². The van der Waals surface area contributed by atoms with Gasteiger partial charge in [0.05, 0.1) is 11.6 Å². The van der Waals surface area contributed by atoms with E-state index >= 15 is 0 Å². The molecule has 2 unspecified atom stereocenters. The SMILES string of the molecule is CC(C)(C)OC(=O)c1ccc(CC(=O)C2NCCCC2c2ccccc2)cc1. The maximum Gasteiger partial charge on any atom is 0.338 e. The average molecular weight is 380 g/mol. The van der Waals surface area contributed by atoms with Crippen LogP contribution in [0.25, 0.3) is 0 Å². The standard InChI is InChI=1S/C24H29NO3/c1-24(2,3)28-23(27)19-13-11-17(12-14-19)16-21(26)22-20(10-7-15-25-22)18-8-5-4-6-9-18/h4-6,8-9,11-14,20,22,25H,7,10,15-16H2,1-3H3. The van der Waals surface area contributed by atoms with Gasteiger partial charge in [-0.05, 0) is 63.4 Å². The molecule has 0 spiro atoms. The second-order valence-electron chi connectivity index (χ2n) is 8.43. The van der Waals surface area contributed by atoms with Gasteiger partial charge in [0.25, 0.3) is 0 Å². The van der Waals surface area contributed by atoms with Crippen LogP contribution in [0.2, 0.25) is 0 Å². The minimum Gasteiger partial charge on any atom is -0.456 e. The second-order valence-corrected chi connectivity index (χ2v) is 8.43. The van der Waals surface area contributed by atoms with E-state index in [1.165, 1.54) is 5.56 Å². The Hall–Kier alpha value is -2.46. The van der Waals surface area contributed by atoms with Crippen LogP contribution in [0.3, 0.4) is 0 Å². The first-order chi connectivity index (χ1) is 13.3. The van der Waals surface area contributed by atoms with E-state index in [4.69, 9.17) is 4.74 Å². The summed E-state index contributed by atoms with van der Waals surface area (Å²) in [6.07, 6.45) is 2.45. The van der Waals surface area contributed by atoms with E-state index in [0.717, 1.165) is 24.9 Å². The third kappa shape index (κ3) is 5.29. The fraction of sp³-hybridized carbons (Fsp3) is 0.417. The minimum absolute atomic E-state index is 0.165. The first-order valence-corrected chi connectivity index (χ1v) is 9.97. The molecule has 4 nitrogen and oxygen atoms in total. The summed E-state index contributed by atoms with van der Waals surface area (Å²) in [5.74, 6) is 0.0607. The Morgan fingerprint density at radius 1 is 1.04 bits per heavy atom. The van der Waals surface area contributed by atoms with Crippen molar-refractivity contribution in [3.63, 3.8) is 0 Å². The molecule has 1 heterocycles. The molecule has 2 atom stereocenters. The Balaban J connectivity index is 1.67. The topological polar surface area (TPSA) is 55.4 Å². The lowest BCUT2D eigenvalue weighted by atomic mass is 9.81. The molecule has 0 saturated carbocycles. The molecule has 0 bridgehead atoms. The molecule has 4 heteroatoms. The smallest absolute Gasteiger partial charge is 0.338 e. The van der Waals surface area contributed by atoms with Gasteiger partial charge in [-0.3, -0.25) is 4.79 Å².